The Hall–Kier alpha value is -4.30. The van der Waals surface area contributed by atoms with Gasteiger partial charge in [-0.2, -0.15) is 0 Å². The lowest BCUT2D eigenvalue weighted by atomic mass is 10.0. The van der Waals surface area contributed by atoms with Gasteiger partial charge in [-0.1, -0.05) is 48.0 Å². The zero-order valence-corrected chi connectivity index (χ0v) is 26.9. The maximum Gasteiger partial charge on any atom is 0.262 e. The van der Waals surface area contributed by atoms with Crippen molar-refractivity contribution >= 4 is 29.1 Å². The largest absolute Gasteiger partial charge is 0.496 e. The van der Waals surface area contributed by atoms with Crippen molar-refractivity contribution in [1.29, 1.82) is 0 Å². The van der Waals surface area contributed by atoms with E-state index in [0.717, 1.165) is 10.5 Å². The summed E-state index contributed by atoms with van der Waals surface area (Å²) in [5.41, 5.74) is 3.55. The molecular weight excluding hydrogens is 645 g/mol. The Kier molecular flexibility index (Phi) is 11.2. The summed E-state index contributed by atoms with van der Waals surface area (Å²) in [6.07, 6.45) is -4.42. The number of ether oxygens (including phenoxy) is 1. The second kappa shape index (κ2) is 15.3. The fourth-order valence-corrected chi connectivity index (χ4v) is 6.07. The predicted octanol–water partition coefficient (Wildman–Crippen LogP) is 2.60. The molecule has 4 aromatic rings. The summed E-state index contributed by atoms with van der Waals surface area (Å²) < 4.78 is 22.2. The van der Waals surface area contributed by atoms with E-state index >= 15 is 0 Å². The van der Waals surface area contributed by atoms with E-state index < -0.39 is 49.2 Å². The van der Waals surface area contributed by atoms with Gasteiger partial charge in [-0.3, -0.25) is 9.59 Å². The molecule has 0 radical (unpaired) electrons. The predicted molar refractivity (Wildman–Crippen MR) is 176 cm³/mol. The number of methoxy groups -OCH3 is 1. The molecule has 0 bridgehead atoms. The number of carbonyl (C=O) groups is 2. The van der Waals surface area contributed by atoms with Crippen LogP contribution in [0.3, 0.4) is 0 Å². The number of benzene rings is 3. The van der Waals surface area contributed by atoms with E-state index in [0.29, 0.717) is 29.2 Å². The van der Waals surface area contributed by atoms with Crippen LogP contribution in [-0.4, -0.2) is 98.5 Å². The van der Waals surface area contributed by atoms with Crippen molar-refractivity contribution in [2.24, 2.45) is 0 Å². The van der Waals surface area contributed by atoms with Gasteiger partial charge in [0, 0.05) is 52.9 Å². The minimum Gasteiger partial charge on any atom is -0.496 e. The van der Waals surface area contributed by atoms with Gasteiger partial charge in [0.05, 0.1) is 51.1 Å². The highest BCUT2D eigenvalue weighted by Gasteiger charge is 2.30. The molecule has 11 nitrogen and oxygen atoms in total. The number of anilines is 1. The van der Waals surface area contributed by atoms with Crippen LogP contribution in [0.4, 0.5) is 10.1 Å². The topological polar surface area (TPSA) is 156 Å². The molecule has 1 aliphatic rings. The van der Waals surface area contributed by atoms with Gasteiger partial charge in [0.15, 0.2) is 0 Å². The lowest BCUT2D eigenvalue weighted by Gasteiger charge is -2.28. The number of aliphatic hydroxyl groups excluding tert-OH is 5. The van der Waals surface area contributed by atoms with Crippen LogP contribution in [0.5, 0.6) is 5.75 Å². The molecule has 0 fully saturated rings. The van der Waals surface area contributed by atoms with Gasteiger partial charge in [-0.15, -0.1) is 0 Å². The van der Waals surface area contributed by atoms with E-state index in [2.05, 4.69) is 0 Å². The first-order valence-corrected chi connectivity index (χ1v) is 15.7. The second-order valence-corrected chi connectivity index (χ2v) is 12.0. The van der Waals surface area contributed by atoms with Crippen LogP contribution < -0.4 is 9.64 Å². The molecule has 3 unspecified atom stereocenters. The number of halogens is 2. The van der Waals surface area contributed by atoms with Gasteiger partial charge in [0.25, 0.3) is 5.91 Å². The number of carbonyl (C=O) groups excluding carboxylic acids is 2. The van der Waals surface area contributed by atoms with Crippen molar-refractivity contribution in [1.82, 2.24) is 9.47 Å². The highest BCUT2D eigenvalue weighted by Crippen LogP contribution is 2.38. The van der Waals surface area contributed by atoms with Crippen molar-refractivity contribution in [3.05, 3.63) is 106 Å². The maximum absolute atomic E-state index is 14.6. The van der Waals surface area contributed by atoms with E-state index in [1.165, 1.54) is 19.2 Å². The Morgan fingerprint density at radius 3 is 2.35 bits per heavy atom. The van der Waals surface area contributed by atoms with Crippen molar-refractivity contribution in [3.63, 3.8) is 0 Å². The minimum absolute atomic E-state index is 0.119. The molecule has 1 aliphatic heterocycles. The van der Waals surface area contributed by atoms with Crippen LogP contribution >= 0.6 is 11.6 Å². The average molecular weight is 682 g/mol. The molecule has 0 spiro atoms. The van der Waals surface area contributed by atoms with Crippen LogP contribution in [0.1, 0.15) is 27.3 Å². The first kappa shape index (κ1) is 35.0. The van der Waals surface area contributed by atoms with Gasteiger partial charge in [-0.05, 0) is 42.0 Å². The number of amides is 2. The van der Waals surface area contributed by atoms with Gasteiger partial charge < -0.3 is 44.6 Å². The number of rotatable bonds is 12. The standard InChI is InChI=1S/C35H37ClFN3O8/c1-48-33-14-26(25-7-3-4-8-29(25)37)28(36)13-27(33)35(47)40-16-23-11-10-22(39(23)15-21-6-2-5-9-30(21)40)12-34(46)38(17-24(43)19-41)18-31(44)32(45)20-42/h2-11,13-14,24,31-32,41-45H,12,15-20H2,1H3. The number of aromatic nitrogens is 1. The maximum atomic E-state index is 14.6. The summed E-state index contributed by atoms with van der Waals surface area (Å²) in [5, 5.41) is 48.9. The molecule has 254 valence electrons. The molecule has 48 heavy (non-hydrogen) atoms. The van der Waals surface area contributed by atoms with E-state index in [9.17, 15) is 39.5 Å². The first-order valence-electron chi connectivity index (χ1n) is 15.3. The summed E-state index contributed by atoms with van der Waals surface area (Å²) in [4.78, 5) is 30.5. The summed E-state index contributed by atoms with van der Waals surface area (Å²) >= 11 is 6.63. The van der Waals surface area contributed by atoms with Gasteiger partial charge in [0.1, 0.15) is 17.7 Å². The van der Waals surface area contributed by atoms with Crippen LogP contribution in [0.15, 0.2) is 72.8 Å². The van der Waals surface area contributed by atoms with E-state index in [4.69, 9.17) is 16.3 Å². The Morgan fingerprint density at radius 1 is 0.917 bits per heavy atom. The normalized spacial score (nSPS) is 14.4. The zero-order chi connectivity index (χ0) is 34.5. The Bertz CT molecular complexity index is 1780. The molecule has 0 saturated heterocycles. The third-order valence-corrected chi connectivity index (χ3v) is 8.70. The fourth-order valence-electron chi connectivity index (χ4n) is 5.81. The molecule has 5 N–H and O–H groups in total. The summed E-state index contributed by atoms with van der Waals surface area (Å²) in [6, 6.07) is 20.1. The molecule has 3 aromatic carbocycles. The highest BCUT2D eigenvalue weighted by atomic mass is 35.5. The Labute approximate surface area is 281 Å². The number of para-hydroxylation sites is 1. The number of aliphatic hydroxyl groups is 5. The van der Waals surface area contributed by atoms with Crippen LogP contribution in [0, 0.1) is 5.82 Å². The number of hydrogen-bond donors (Lipinski definition) is 5. The van der Waals surface area contributed by atoms with Crippen LogP contribution in [0.2, 0.25) is 5.02 Å². The van der Waals surface area contributed by atoms with Gasteiger partial charge in [0.2, 0.25) is 5.91 Å². The quantitative estimate of drug-likeness (QED) is 0.153. The number of hydrogen-bond acceptors (Lipinski definition) is 8. The van der Waals surface area contributed by atoms with Crippen molar-refractivity contribution in [2.45, 2.75) is 37.8 Å². The molecule has 3 atom stereocenters. The van der Waals surface area contributed by atoms with Crippen LogP contribution in [0.25, 0.3) is 11.1 Å². The summed E-state index contributed by atoms with van der Waals surface area (Å²) in [7, 11) is 1.42. The van der Waals surface area contributed by atoms with Crippen LogP contribution in [-0.2, 0) is 24.3 Å². The monoisotopic (exact) mass is 681 g/mol. The molecule has 2 heterocycles. The summed E-state index contributed by atoms with van der Waals surface area (Å²) in [6.45, 7) is -1.58. The highest BCUT2D eigenvalue weighted by molar-refractivity contribution is 6.34. The molecule has 1 aromatic heterocycles. The van der Waals surface area contributed by atoms with E-state index in [1.54, 1.807) is 41.3 Å². The van der Waals surface area contributed by atoms with Gasteiger partial charge in [-0.25, -0.2) is 4.39 Å². The molecule has 0 aliphatic carbocycles. The third kappa shape index (κ3) is 7.39. The fraction of sp³-hybridized carbons (Fsp3) is 0.314. The second-order valence-electron chi connectivity index (χ2n) is 11.6. The minimum atomic E-state index is -1.50. The SMILES string of the molecule is COc1cc(-c2ccccc2F)c(Cl)cc1C(=O)N1Cc2ccc(CC(=O)N(CC(O)CO)CC(O)C(O)CO)n2Cc2ccccc21. The molecule has 13 heteroatoms. The Morgan fingerprint density at radius 2 is 1.65 bits per heavy atom. The van der Waals surface area contributed by atoms with Crippen molar-refractivity contribution in [3.8, 4) is 16.9 Å². The lowest BCUT2D eigenvalue weighted by Crippen LogP contribution is -2.47. The van der Waals surface area contributed by atoms with E-state index in [1.807, 2.05) is 28.8 Å². The molecule has 2 amide bonds. The lowest BCUT2D eigenvalue weighted by molar-refractivity contribution is -0.135. The van der Waals surface area contributed by atoms with Crippen molar-refractivity contribution in [2.75, 3.05) is 38.3 Å². The van der Waals surface area contributed by atoms with E-state index in [-0.39, 0.29) is 48.0 Å². The molecule has 5 rings (SSSR count). The molecular formula is C35H37ClFN3O8. The first-order chi connectivity index (χ1) is 23.1. The third-order valence-electron chi connectivity index (χ3n) is 8.39. The average Bonchev–Trinajstić information content (AvgIpc) is 3.37. The number of nitrogens with zero attached hydrogens (tertiary/aromatic N) is 3. The smallest absolute Gasteiger partial charge is 0.262 e. The van der Waals surface area contributed by atoms with Gasteiger partial charge >= 0.3 is 0 Å². The zero-order valence-electron chi connectivity index (χ0n) is 26.2. The summed E-state index contributed by atoms with van der Waals surface area (Å²) in [5.74, 6) is -1.16. The van der Waals surface area contributed by atoms with Crippen molar-refractivity contribution < 1.29 is 44.2 Å². The molecule has 0 saturated carbocycles. The number of fused-ring (bicyclic) bond motifs is 2. The Balaban J connectivity index is 1.47.